The number of aromatic nitrogens is 3. The van der Waals surface area contributed by atoms with Crippen LogP contribution in [0.4, 0.5) is 5.95 Å². The molecule has 1 aromatic heterocycles. The minimum absolute atomic E-state index is 0.00493. The molecule has 2 aliphatic rings. The van der Waals surface area contributed by atoms with Crippen molar-refractivity contribution >= 4 is 35.1 Å². The van der Waals surface area contributed by atoms with Gasteiger partial charge in [-0.25, -0.2) is 4.68 Å². The van der Waals surface area contributed by atoms with Crippen LogP contribution >= 0.6 is 23.2 Å². The third kappa shape index (κ3) is 3.31. The fourth-order valence-corrected chi connectivity index (χ4v) is 3.84. The fraction of sp³-hybridized carbons (Fsp3) is 0.389. The number of nitrogens with zero attached hydrogens (tertiary/aromatic N) is 5. The first kappa shape index (κ1) is 18.3. The Kier molecular flexibility index (Phi) is 4.84. The van der Waals surface area contributed by atoms with Gasteiger partial charge in [0.05, 0.1) is 15.6 Å². The van der Waals surface area contributed by atoms with Crippen molar-refractivity contribution in [2.45, 2.75) is 13.0 Å². The summed E-state index contributed by atoms with van der Waals surface area (Å²) in [4.78, 5) is 21.8. The Balaban J connectivity index is 1.77. The fourth-order valence-electron chi connectivity index (χ4n) is 3.54. The van der Waals surface area contributed by atoms with Crippen molar-refractivity contribution in [2.24, 2.45) is 0 Å². The van der Waals surface area contributed by atoms with E-state index in [1.54, 1.807) is 16.8 Å². The van der Waals surface area contributed by atoms with E-state index in [-0.39, 0.29) is 5.91 Å². The molecule has 142 valence electrons. The molecule has 1 amide bonds. The van der Waals surface area contributed by atoms with Crippen LogP contribution in [0.3, 0.4) is 0 Å². The van der Waals surface area contributed by atoms with Gasteiger partial charge in [0.15, 0.2) is 0 Å². The molecule has 0 unspecified atom stereocenters. The second kappa shape index (κ2) is 7.14. The molecular weight excluding hydrogens is 387 g/mol. The van der Waals surface area contributed by atoms with Crippen molar-refractivity contribution in [2.75, 3.05) is 38.5 Å². The maximum absolute atomic E-state index is 13.4. The minimum atomic E-state index is -0.411. The van der Waals surface area contributed by atoms with E-state index in [2.05, 4.69) is 27.3 Å². The number of likely N-dealkylation sites (N-methyl/N-ethyl adjacent to an activating group) is 1. The molecule has 0 bridgehead atoms. The normalized spacial score (nSPS) is 20.4. The molecule has 1 N–H and O–H groups in total. The van der Waals surface area contributed by atoms with Gasteiger partial charge in [-0.1, -0.05) is 29.3 Å². The minimum Gasteiger partial charge on any atom is -0.336 e. The summed E-state index contributed by atoms with van der Waals surface area (Å²) < 4.78 is 1.72. The van der Waals surface area contributed by atoms with E-state index in [0.29, 0.717) is 34.7 Å². The molecule has 0 radical (unpaired) electrons. The van der Waals surface area contributed by atoms with Crippen LogP contribution in [-0.4, -0.2) is 63.7 Å². The maximum atomic E-state index is 13.4. The second-order valence-corrected chi connectivity index (χ2v) is 7.68. The molecule has 27 heavy (non-hydrogen) atoms. The average molecular weight is 407 g/mol. The first-order valence-corrected chi connectivity index (χ1v) is 9.51. The van der Waals surface area contributed by atoms with Gasteiger partial charge in [0.2, 0.25) is 5.95 Å². The molecule has 1 aromatic carbocycles. The molecular formula is C18H20Cl2N6O. The Morgan fingerprint density at radius 2 is 1.93 bits per heavy atom. The lowest BCUT2D eigenvalue weighted by Gasteiger charge is -2.36. The highest BCUT2D eigenvalue weighted by atomic mass is 35.5. The monoisotopic (exact) mass is 406 g/mol. The van der Waals surface area contributed by atoms with Gasteiger partial charge in [-0.15, -0.1) is 0 Å². The Morgan fingerprint density at radius 1 is 1.19 bits per heavy atom. The smallest absolute Gasteiger partial charge is 0.254 e. The summed E-state index contributed by atoms with van der Waals surface area (Å²) in [5.74, 6) is 0.601. The molecule has 3 heterocycles. The zero-order valence-corrected chi connectivity index (χ0v) is 16.6. The summed E-state index contributed by atoms with van der Waals surface area (Å²) >= 11 is 12.3. The van der Waals surface area contributed by atoms with Crippen LogP contribution in [0.15, 0.2) is 35.8 Å². The quantitative estimate of drug-likeness (QED) is 0.829. The number of benzene rings is 1. The molecule has 1 atom stereocenters. The number of allylic oxidation sites excluding steroid dienone is 1. The molecule has 1 saturated heterocycles. The molecule has 1 fully saturated rings. The van der Waals surface area contributed by atoms with Crippen LogP contribution in [0, 0.1) is 0 Å². The molecule has 9 heteroatoms. The Morgan fingerprint density at radius 3 is 2.63 bits per heavy atom. The van der Waals surface area contributed by atoms with Crippen molar-refractivity contribution in [3.8, 4) is 0 Å². The summed E-state index contributed by atoms with van der Waals surface area (Å²) in [5.41, 5.74) is 2.26. The Bertz CT molecular complexity index is 916. The lowest BCUT2D eigenvalue weighted by atomic mass is 9.94. The van der Waals surface area contributed by atoms with Crippen LogP contribution in [-0.2, 0) is 4.79 Å². The number of rotatable bonds is 2. The summed E-state index contributed by atoms with van der Waals surface area (Å²) in [5, 5.41) is 8.46. The highest BCUT2D eigenvalue weighted by molar-refractivity contribution is 6.42. The number of hydrogen-bond acceptors (Lipinski definition) is 5. The predicted molar refractivity (Wildman–Crippen MR) is 105 cm³/mol. The number of anilines is 1. The SMILES string of the molecule is CC1=C(C(=O)N2CCN(C)CC2)[C@H](c2ccc(Cl)c(Cl)c2)n2ncnc2N1. The zero-order chi connectivity index (χ0) is 19.1. The van der Waals surface area contributed by atoms with Crippen molar-refractivity contribution < 1.29 is 4.79 Å². The molecule has 2 aromatic rings. The molecule has 7 nitrogen and oxygen atoms in total. The van der Waals surface area contributed by atoms with Crippen molar-refractivity contribution in [3.05, 3.63) is 51.4 Å². The van der Waals surface area contributed by atoms with Crippen LogP contribution in [0.5, 0.6) is 0 Å². The summed E-state index contributed by atoms with van der Waals surface area (Å²) in [6.45, 7) is 5.01. The van der Waals surface area contributed by atoms with E-state index in [9.17, 15) is 4.79 Å². The average Bonchev–Trinajstić information content (AvgIpc) is 3.11. The van der Waals surface area contributed by atoms with Crippen molar-refractivity contribution in [3.63, 3.8) is 0 Å². The number of halogens is 2. The molecule has 0 spiro atoms. The molecule has 4 rings (SSSR count). The van der Waals surface area contributed by atoms with Gasteiger partial charge in [-0.05, 0) is 31.7 Å². The van der Waals surface area contributed by atoms with E-state index in [0.717, 1.165) is 24.4 Å². The molecule has 0 aliphatic carbocycles. The summed E-state index contributed by atoms with van der Waals surface area (Å²) in [6.07, 6.45) is 1.48. The zero-order valence-electron chi connectivity index (χ0n) is 15.1. The Labute approximate surface area is 167 Å². The van der Waals surface area contributed by atoms with Crippen molar-refractivity contribution in [1.82, 2.24) is 24.6 Å². The topological polar surface area (TPSA) is 66.3 Å². The van der Waals surface area contributed by atoms with Crippen LogP contribution in [0.1, 0.15) is 18.5 Å². The number of piperazine rings is 1. The number of amides is 1. The standard InChI is InChI=1S/C18H20Cl2N6O/c1-11-15(17(27)25-7-5-24(2)6-8-25)16(26-18(23-11)21-10-22-26)12-3-4-13(19)14(20)9-12/h3-4,9-10,16H,5-8H2,1-2H3,(H,21,22,23)/t16-/m0/s1. The number of fused-ring (bicyclic) bond motifs is 1. The third-order valence-electron chi connectivity index (χ3n) is 5.07. The van der Waals surface area contributed by atoms with Crippen LogP contribution < -0.4 is 5.32 Å². The second-order valence-electron chi connectivity index (χ2n) is 6.86. The molecule has 2 aliphatic heterocycles. The van der Waals surface area contributed by atoms with E-state index in [4.69, 9.17) is 23.2 Å². The van der Waals surface area contributed by atoms with Gasteiger partial charge in [0.25, 0.3) is 5.91 Å². The van der Waals surface area contributed by atoms with Gasteiger partial charge >= 0.3 is 0 Å². The van der Waals surface area contributed by atoms with Crippen LogP contribution in [0.2, 0.25) is 10.0 Å². The van der Waals surface area contributed by atoms with E-state index in [1.807, 2.05) is 17.9 Å². The van der Waals surface area contributed by atoms with Gasteiger partial charge in [0.1, 0.15) is 12.4 Å². The summed E-state index contributed by atoms with van der Waals surface area (Å²) in [7, 11) is 2.06. The van der Waals surface area contributed by atoms with Gasteiger partial charge < -0.3 is 15.1 Å². The Hall–Kier alpha value is -2.09. The highest BCUT2D eigenvalue weighted by Crippen LogP contribution is 2.37. The van der Waals surface area contributed by atoms with E-state index < -0.39 is 6.04 Å². The van der Waals surface area contributed by atoms with E-state index >= 15 is 0 Å². The van der Waals surface area contributed by atoms with Gasteiger partial charge in [-0.2, -0.15) is 10.1 Å². The third-order valence-corrected chi connectivity index (χ3v) is 5.81. The number of hydrogen-bond donors (Lipinski definition) is 1. The lowest BCUT2D eigenvalue weighted by Crippen LogP contribution is -2.49. The summed E-state index contributed by atoms with van der Waals surface area (Å²) in [6, 6.07) is 4.99. The molecule has 0 saturated carbocycles. The number of carbonyl (C=O) groups is 1. The van der Waals surface area contributed by atoms with Crippen molar-refractivity contribution in [1.29, 1.82) is 0 Å². The van der Waals surface area contributed by atoms with Gasteiger partial charge in [-0.3, -0.25) is 4.79 Å². The maximum Gasteiger partial charge on any atom is 0.254 e. The number of carbonyl (C=O) groups excluding carboxylic acids is 1. The lowest BCUT2D eigenvalue weighted by molar-refractivity contribution is -0.129. The van der Waals surface area contributed by atoms with E-state index in [1.165, 1.54) is 6.33 Å². The van der Waals surface area contributed by atoms with Crippen LogP contribution in [0.25, 0.3) is 0 Å². The number of nitrogens with one attached hydrogen (secondary N) is 1. The largest absolute Gasteiger partial charge is 0.336 e. The highest BCUT2D eigenvalue weighted by Gasteiger charge is 2.36. The first-order valence-electron chi connectivity index (χ1n) is 8.76. The first-order chi connectivity index (χ1) is 13.0. The predicted octanol–water partition coefficient (Wildman–Crippen LogP) is 2.65. The van der Waals surface area contributed by atoms with Gasteiger partial charge in [0, 0.05) is 31.9 Å².